The van der Waals surface area contributed by atoms with Crippen LogP contribution in [0.25, 0.3) is 5.03 Å². The van der Waals surface area contributed by atoms with Crippen LogP contribution in [-0.2, 0) is 0 Å². The lowest BCUT2D eigenvalue weighted by atomic mass is 10.4. The molecule has 0 saturated heterocycles. The molecule has 54 valence electrons. The molecule has 1 aromatic heterocycles. The number of hydrogen-bond acceptors (Lipinski definition) is 1. The SMILES string of the molecule is FC(F)=C(Cl)c1cccs1. The van der Waals surface area contributed by atoms with Gasteiger partial charge >= 0.3 is 0 Å². The predicted octanol–water partition coefficient (Wildman–Crippen LogP) is 3.55. The monoisotopic (exact) mass is 180 g/mol. The van der Waals surface area contributed by atoms with Crippen LogP contribution < -0.4 is 0 Å². The van der Waals surface area contributed by atoms with E-state index < -0.39 is 11.1 Å². The molecule has 0 amide bonds. The Morgan fingerprint density at radius 2 is 2.20 bits per heavy atom. The van der Waals surface area contributed by atoms with Gasteiger partial charge in [0.15, 0.2) is 0 Å². The maximum atomic E-state index is 11.7. The minimum Gasteiger partial charge on any atom is -0.172 e. The van der Waals surface area contributed by atoms with Gasteiger partial charge in [-0.3, -0.25) is 0 Å². The van der Waals surface area contributed by atoms with E-state index in [1.165, 1.54) is 11.3 Å². The zero-order valence-corrected chi connectivity index (χ0v) is 6.35. The van der Waals surface area contributed by atoms with Gasteiger partial charge in [0, 0.05) is 0 Å². The summed E-state index contributed by atoms with van der Waals surface area (Å²) in [6.07, 6.45) is -1.83. The predicted molar refractivity (Wildman–Crippen MR) is 39.3 cm³/mol. The quantitative estimate of drug-likeness (QED) is 0.620. The molecule has 0 saturated carbocycles. The van der Waals surface area contributed by atoms with Gasteiger partial charge in [0.05, 0.1) is 4.88 Å². The summed E-state index contributed by atoms with van der Waals surface area (Å²) in [6, 6.07) is 3.22. The molecule has 0 N–H and O–H groups in total. The van der Waals surface area contributed by atoms with E-state index in [0.29, 0.717) is 4.88 Å². The van der Waals surface area contributed by atoms with Crippen molar-refractivity contribution in [3.63, 3.8) is 0 Å². The molecule has 0 spiro atoms. The third kappa shape index (κ3) is 1.55. The molecule has 0 nitrogen and oxygen atoms in total. The number of halogens is 3. The molecule has 0 aliphatic rings. The van der Waals surface area contributed by atoms with Gasteiger partial charge in [0.2, 0.25) is 0 Å². The molecule has 1 heterocycles. The van der Waals surface area contributed by atoms with Crippen molar-refractivity contribution in [2.45, 2.75) is 0 Å². The molecule has 0 aliphatic carbocycles. The summed E-state index contributed by atoms with van der Waals surface area (Å²) >= 11 is 6.41. The standard InChI is InChI=1S/C6H3ClF2S/c7-5(6(8)9)4-2-1-3-10-4/h1-3H. The van der Waals surface area contributed by atoms with Crippen molar-refractivity contribution in [1.82, 2.24) is 0 Å². The van der Waals surface area contributed by atoms with E-state index in [9.17, 15) is 8.78 Å². The third-order valence-corrected chi connectivity index (χ3v) is 2.25. The van der Waals surface area contributed by atoms with Crippen LogP contribution in [-0.4, -0.2) is 0 Å². The van der Waals surface area contributed by atoms with Crippen molar-refractivity contribution < 1.29 is 8.78 Å². The van der Waals surface area contributed by atoms with Crippen molar-refractivity contribution in [3.8, 4) is 0 Å². The number of hydrogen-bond donors (Lipinski definition) is 0. The van der Waals surface area contributed by atoms with Crippen molar-refractivity contribution in [2.24, 2.45) is 0 Å². The highest BCUT2D eigenvalue weighted by atomic mass is 35.5. The Morgan fingerprint density at radius 1 is 1.50 bits per heavy atom. The summed E-state index contributed by atoms with van der Waals surface area (Å²) in [5.74, 6) is 0. The zero-order chi connectivity index (χ0) is 7.56. The summed E-state index contributed by atoms with van der Waals surface area (Å²) in [5, 5.41) is 1.25. The summed E-state index contributed by atoms with van der Waals surface area (Å²) < 4.78 is 23.5. The van der Waals surface area contributed by atoms with Crippen molar-refractivity contribution in [3.05, 3.63) is 28.5 Å². The first-order valence-electron chi connectivity index (χ1n) is 2.46. The Balaban J connectivity index is 2.99. The highest BCUT2D eigenvalue weighted by Gasteiger charge is 2.05. The van der Waals surface area contributed by atoms with Crippen molar-refractivity contribution in [1.29, 1.82) is 0 Å². The second-order valence-electron chi connectivity index (χ2n) is 1.55. The minimum atomic E-state index is -1.83. The molecule has 0 bridgehead atoms. The second-order valence-corrected chi connectivity index (χ2v) is 2.88. The normalized spacial score (nSPS) is 9.50. The smallest absolute Gasteiger partial charge is 0.172 e. The summed E-state index contributed by atoms with van der Waals surface area (Å²) in [7, 11) is 0. The van der Waals surface area contributed by atoms with Gasteiger partial charge < -0.3 is 0 Å². The lowest BCUT2D eigenvalue weighted by molar-refractivity contribution is 0.428. The highest BCUT2D eigenvalue weighted by Crippen LogP contribution is 2.27. The van der Waals surface area contributed by atoms with Gasteiger partial charge in [0.25, 0.3) is 6.08 Å². The van der Waals surface area contributed by atoms with Gasteiger partial charge in [-0.25, -0.2) is 0 Å². The molecule has 0 unspecified atom stereocenters. The first-order valence-corrected chi connectivity index (χ1v) is 3.72. The molecule has 4 heteroatoms. The van der Waals surface area contributed by atoms with Crippen LogP contribution in [0, 0.1) is 0 Å². The van der Waals surface area contributed by atoms with Crippen molar-refractivity contribution >= 4 is 28.0 Å². The number of rotatable bonds is 1. The fourth-order valence-electron chi connectivity index (χ4n) is 0.497. The Bertz CT molecular complexity index is 236. The maximum Gasteiger partial charge on any atom is 0.290 e. The maximum absolute atomic E-state index is 11.7. The molecular weight excluding hydrogens is 178 g/mol. The largest absolute Gasteiger partial charge is 0.290 e. The Hall–Kier alpha value is -0.410. The van der Waals surface area contributed by atoms with Gasteiger partial charge in [-0.1, -0.05) is 17.7 Å². The van der Waals surface area contributed by atoms with Crippen LogP contribution in [0.3, 0.4) is 0 Å². The molecule has 0 fully saturated rings. The van der Waals surface area contributed by atoms with Crippen LogP contribution in [0.2, 0.25) is 0 Å². The third-order valence-electron chi connectivity index (χ3n) is 0.903. The highest BCUT2D eigenvalue weighted by molar-refractivity contribution is 7.12. The molecule has 10 heavy (non-hydrogen) atoms. The molecule has 0 aliphatic heterocycles. The molecular formula is C6H3ClF2S. The van der Waals surface area contributed by atoms with Crippen molar-refractivity contribution in [2.75, 3.05) is 0 Å². The van der Waals surface area contributed by atoms with Crippen LogP contribution in [0.4, 0.5) is 8.78 Å². The molecule has 0 atom stereocenters. The van der Waals surface area contributed by atoms with E-state index in [1.54, 1.807) is 17.5 Å². The lowest BCUT2D eigenvalue weighted by Crippen LogP contribution is -1.67. The van der Waals surface area contributed by atoms with E-state index in [1.807, 2.05) is 0 Å². The van der Waals surface area contributed by atoms with Gasteiger partial charge in [0.1, 0.15) is 5.03 Å². The number of thiophene rings is 1. The molecule has 0 radical (unpaired) electrons. The summed E-state index contributed by atoms with van der Waals surface area (Å²) in [4.78, 5) is 0.404. The second kappa shape index (κ2) is 3.12. The van der Waals surface area contributed by atoms with E-state index in [-0.39, 0.29) is 0 Å². The molecule has 1 aromatic rings. The van der Waals surface area contributed by atoms with E-state index in [2.05, 4.69) is 0 Å². The van der Waals surface area contributed by atoms with Crippen LogP contribution in [0.5, 0.6) is 0 Å². The van der Waals surface area contributed by atoms with E-state index in [0.717, 1.165) is 0 Å². The molecule has 1 rings (SSSR count). The lowest BCUT2D eigenvalue weighted by Gasteiger charge is -1.88. The minimum absolute atomic E-state index is 0.404. The average Bonchev–Trinajstić information content (AvgIpc) is 2.36. The van der Waals surface area contributed by atoms with Gasteiger partial charge in [-0.15, -0.1) is 11.3 Å². The Morgan fingerprint density at radius 3 is 2.60 bits per heavy atom. The fourth-order valence-corrected chi connectivity index (χ4v) is 1.33. The van der Waals surface area contributed by atoms with E-state index >= 15 is 0 Å². The van der Waals surface area contributed by atoms with E-state index in [4.69, 9.17) is 11.6 Å². The summed E-state index contributed by atoms with van der Waals surface area (Å²) in [6.45, 7) is 0. The van der Waals surface area contributed by atoms with Crippen LogP contribution in [0.15, 0.2) is 23.6 Å². The Labute approximate surface area is 65.7 Å². The topological polar surface area (TPSA) is 0 Å². The van der Waals surface area contributed by atoms with Gasteiger partial charge in [-0.05, 0) is 11.4 Å². The Kier molecular flexibility index (Phi) is 2.40. The first-order chi connectivity index (χ1) is 4.72. The average molecular weight is 181 g/mol. The summed E-state index contributed by atoms with van der Waals surface area (Å²) in [5.41, 5.74) is 0. The molecule has 0 aromatic carbocycles. The van der Waals surface area contributed by atoms with Gasteiger partial charge in [-0.2, -0.15) is 8.78 Å². The zero-order valence-electron chi connectivity index (χ0n) is 4.77. The van der Waals surface area contributed by atoms with Crippen LogP contribution in [0.1, 0.15) is 4.88 Å². The fraction of sp³-hybridized carbons (Fsp3) is 0. The first kappa shape index (κ1) is 7.69. The van der Waals surface area contributed by atoms with Crippen LogP contribution >= 0.6 is 22.9 Å².